The number of aromatic nitrogens is 2. The summed E-state index contributed by atoms with van der Waals surface area (Å²) in [4.78, 5) is 14.0. The second-order valence-corrected chi connectivity index (χ2v) is 7.82. The van der Waals surface area contributed by atoms with Crippen molar-refractivity contribution >= 4 is 27.5 Å². The Balaban J connectivity index is 1.52. The van der Waals surface area contributed by atoms with Gasteiger partial charge in [0.1, 0.15) is 16.3 Å². The van der Waals surface area contributed by atoms with Gasteiger partial charge >= 0.3 is 5.97 Å². The minimum Gasteiger partial charge on any atom is -0.459 e. The number of hydrogen-bond acceptors (Lipinski definition) is 5. The fourth-order valence-corrected chi connectivity index (χ4v) is 4.26. The highest BCUT2D eigenvalue weighted by atomic mass is 32.1. The molecule has 5 nitrogen and oxygen atoms in total. The first kappa shape index (κ1) is 17.2. The van der Waals surface area contributed by atoms with E-state index < -0.39 is 0 Å². The van der Waals surface area contributed by atoms with Crippen LogP contribution in [0.4, 0.5) is 0 Å². The first-order chi connectivity index (χ1) is 12.6. The Morgan fingerprint density at radius 2 is 2.15 bits per heavy atom. The summed E-state index contributed by atoms with van der Waals surface area (Å²) in [6.07, 6.45) is 2.05. The maximum Gasteiger partial charge on any atom is 0.348 e. The van der Waals surface area contributed by atoms with Crippen LogP contribution in [0.25, 0.3) is 10.2 Å². The topological polar surface area (TPSA) is 53.4 Å². The lowest BCUT2D eigenvalue weighted by atomic mass is 10.1. The van der Waals surface area contributed by atoms with E-state index in [4.69, 9.17) is 9.47 Å². The number of ether oxygens (including phenoxy) is 2. The molecule has 0 N–H and O–H groups in total. The number of esters is 1. The highest BCUT2D eigenvalue weighted by Gasteiger charge is 2.21. The van der Waals surface area contributed by atoms with Crippen molar-refractivity contribution in [1.29, 1.82) is 0 Å². The molecule has 3 aromatic rings. The van der Waals surface area contributed by atoms with E-state index in [-0.39, 0.29) is 12.1 Å². The quantitative estimate of drug-likeness (QED) is 0.635. The van der Waals surface area contributed by atoms with Gasteiger partial charge < -0.3 is 9.47 Å². The fourth-order valence-electron chi connectivity index (χ4n) is 3.20. The zero-order chi connectivity index (χ0) is 18.1. The summed E-state index contributed by atoms with van der Waals surface area (Å²) in [7, 11) is 0. The molecule has 0 radical (unpaired) electrons. The number of thiophene rings is 1. The second kappa shape index (κ2) is 7.21. The van der Waals surface area contributed by atoms with Crippen LogP contribution in [-0.2, 0) is 16.0 Å². The lowest BCUT2D eigenvalue weighted by Gasteiger charge is -2.09. The molecule has 1 saturated heterocycles. The zero-order valence-corrected chi connectivity index (χ0v) is 15.8. The van der Waals surface area contributed by atoms with Gasteiger partial charge in [0, 0.05) is 12.0 Å². The summed E-state index contributed by atoms with van der Waals surface area (Å²) in [6.45, 7) is 5.84. The van der Waals surface area contributed by atoms with Gasteiger partial charge in [0.15, 0.2) is 0 Å². The Labute approximate surface area is 156 Å². The predicted molar refractivity (Wildman–Crippen MR) is 102 cm³/mol. The molecule has 0 saturated carbocycles. The average molecular weight is 370 g/mol. The van der Waals surface area contributed by atoms with Gasteiger partial charge in [0.2, 0.25) is 0 Å². The highest BCUT2D eigenvalue weighted by Crippen LogP contribution is 2.29. The van der Waals surface area contributed by atoms with Gasteiger partial charge in [0.25, 0.3) is 0 Å². The predicted octanol–water partition coefficient (Wildman–Crippen LogP) is 4.10. The van der Waals surface area contributed by atoms with E-state index >= 15 is 0 Å². The first-order valence-corrected chi connectivity index (χ1v) is 9.73. The normalized spacial score (nSPS) is 17.1. The van der Waals surface area contributed by atoms with Gasteiger partial charge in [-0.1, -0.05) is 29.8 Å². The molecule has 1 aliphatic rings. The van der Waals surface area contributed by atoms with Crippen LogP contribution in [-0.4, -0.2) is 35.1 Å². The minimum absolute atomic E-state index is 0.0482. The molecule has 1 unspecified atom stereocenters. The Kier molecular flexibility index (Phi) is 4.78. The van der Waals surface area contributed by atoms with E-state index in [2.05, 4.69) is 36.3 Å². The van der Waals surface area contributed by atoms with E-state index in [1.165, 1.54) is 22.5 Å². The van der Waals surface area contributed by atoms with Crippen molar-refractivity contribution in [1.82, 2.24) is 9.78 Å². The number of carbonyl (C=O) groups excluding carboxylic acids is 1. The molecular formula is C20H22N2O3S. The third-order valence-electron chi connectivity index (χ3n) is 4.69. The molecule has 1 atom stereocenters. The summed E-state index contributed by atoms with van der Waals surface area (Å²) in [5, 5.41) is 5.65. The van der Waals surface area contributed by atoms with Gasteiger partial charge in [-0.05, 0) is 38.3 Å². The number of aryl methyl sites for hydroxylation is 2. The fraction of sp³-hybridized carbons (Fsp3) is 0.400. The van der Waals surface area contributed by atoms with Crippen LogP contribution in [0.1, 0.15) is 39.3 Å². The average Bonchev–Trinajstić information content (AvgIpc) is 3.35. The third kappa shape index (κ3) is 3.52. The molecule has 0 spiro atoms. The van der Waals surface area contributed by atoms with Crippen molar-refractivity contribution in [3.8, 4) is 0 Å². The maximum atomic E-state index is 12.4. The monoisotopic (exact) mass is 370 g/mol. The van der Waals surface area contributed by atoms with Gasteiger partial charge in [-0.25, -0.2) is 4.79 Å². The number of nitrogens with zero attached hydrogens (tertiary/aromatic N) is 2. The van der Waals surface area contributed by atoms with E-state index in [1.807, 2.05) is 17.7 Å². The molecule has 1 fully saturated rings. The van der Waals surface area contributed by atoms with Crippen LogP contribution in [0.3, 0.4) is 0 Å². The highest BCUT2D eigenvalue weighted by molar-refractivity contribution is 7.20. The molecule has 0 amide bonds. The Morgan fingerprint density at radius 3 is 2.88 bits per heavy atom. The van der Waals surface area contributed by atoms with Gasteiger partial charge in [-0.15, -0.1) is 11.3 Å². The molecule has 6 heteroatoms. The van der Waals surface area contributed by atoms with Crippen molar-refractivity contribution in [2.45, 2.75) is 39.3 Å². The lowest BCUT2D eigenvalue weighted by molar-refractivity contribution is 0.0165. The van der Waals surface area contributed by atoms with Crippen LogP contribution < -0.4 is 0 Å². The van der Waals surface area contributed by atoms with Crippen molar-refractivity contribution in [2.24, 2.45) is 0 Å². The smallest absolute Gasteiger partial charge is 0.348 e. The van der Waals surface area contributed by atoms with Crippen LogP contribution in [0.2, 0.25) is 0 Å². The molecule has 1 aromatic carbocycles. The van der Waals surface area contributed by atoms with Gasteiger partial charge in [-0.3, -0.25) is 4.68 Å². The van der Waals surface area contributed by atoms with Crippen molar-refractivity contribution in [3.05, 3.63) is 52.0 Å². The number of rotatable bonds is 5. The molecule has 4 rings (SSSR count). The van der Waals surface area contributed by atoms with Crippen LogP contribution >= 0.6 is 11.3 Å². The summed E-state index contributed by atoms with van der Waals surface area (Å²) >= 11 is 1.44. The van der Waals surface area contributed by atoms with E-state index in [0.29, 0.717) is 18.0 Å². The van der Waals surface area contributed by atoms with Crippen LogP contribution in [0.15, 0.2) is 30.3 Å². The first-order valence-electron chi connectivity index (χ1n) is 8.91. The molecule has 26 heavy (non-hydrogen) atoms. The van der Waals surface area contributed by atoms with E-state index in [9.17, 15) is 4.79 Å². The van der Waals surface area contributed by atoms with E-state index in [0.717, 1.165) is 35.4 Å². The van der Waals surface area contributed by atoms with Crippen molar-refractivity contribution < 1.29 is 14.3 Å². The molecule has 2 aromatic heterocycles. The zero-order valence-electron chi connectivity index (χ0n) is 15.0. The molecule has 0 aliphatic carbocycles. The summed E-state index contributed by atoms with van der Waals surface area (Å²) in [5.74, 6) is -0.275. The lowest BCUT2D eigenvalue weighted by Crippen LogP contribution is -2.17. The molecule has 0 bridgehead atoms. The molecule has 136 valence electrons. The Bertz CT molecular complexity index is 921. The van der Waals surface area contributed by atoms with Gasteiger partial charge in [-0.2, -0.15) is 5.10 Å². The number of carbonyl (C=O) groups is 1. The Morgan fingerprint density at radius 1 is 1.35 bits per heavy atom. The number of fused-ring (bicyclic) bond motifs is 1. The maximum absolute atomic E-state index is 12.4. The largest absolute Gasteiger partial charge is 0.459 e. The summed E-state index contributed by atoms with van der Waals surface area (Å²) < 4.78 is 12.9. The summed E-state index contributed by atoms with van der Waals surface area (Å²) in [6, 6.07) is 10.3. The SMILES string of the molecule is Cc1ccc(Cn2nc(C)c3cc(C(=O)OCC4CCCO4)sc32)cc1. The van der Waals surface area contributed by atoms with Gasteiger partial charge in [0.05, 0.1) is 18.3 Å². The van der Waals surface area contributed by atoms with Crippen molar-refractivity contribution in [2.75, 3.05) is 13.2 Å². The molecule has 1 aliphatic heterocycles. The van der Waals surface area contributed by atoms with Crippen LogP contribution in [0, 0.1) is 13.8 Å². The number of hydrogen-bond donors (Lipinski definition) is 0. The minimum atomic E-state index is -0.275. The Hall–Kier alpha value is -2.18. The van der Waals surface area contributed by atoms with Crippen molar-refractivity contribution in [3.63, 3.8) is 0 Å². The second-order valence-electron chi connectivity index (χ2n) is 6.79. The standard InChI is InChI=1S/C20H22N2O3S/c1-13-5-7-15(8-6-13)11-22-19-17(14(2)21-22)10-18(26-19)20(23)25-12-16-4-3-9-24-16/h5-8,10,16H,3-4,9,11-12H2,1-2H3. The number of benzene rings is 1. The van der Waals surface area contributed by atoms with E-state index in [1.54, 1.807) is 0 Å². The molecule has 3 heterocycles. The summed E-state index contributed by atoms with van der Waals surface area (Å²) in [5.41, 5.74) is 3.36. The van der Waals surface area contributed by atoms with Crippen LogP contribution in [0.5, 0.6) is 0 Å². The molecular weight excluding hydrogens is 348 g/mol. The third-order valence-corrected chi connectivity index (χ3v) is 5.81.